The van der Waals surface area contributed by atoms with Gasteiger partial charge in [0.15, 0.2) is 0 Å². The van der Waals surface area contributed by atoms with Crippen LogP contribution in [0.1, 0.15) is 36.6 Å². The van der Waals surface area contributed by atoms with Crippen molar-refractivity contribution in [1.82, 2.24) is 4.98 Å². The van der Waals surface area contributed by atoms with Gasteiger partial charge in [0, 0.05) is 11.9 Å². The first-order chi connectivity index (χ1) is 5.25. The van der Waals surface area contributed by atoms with Gasteiger partial charge in [-0.2, -0.15) is 0 Å². The van der Waals surface area contributed by atoms with Crippen molar-refractivity contribution in [2.45, 2.75) is 40.0 Å². The van der Waals surface area contributed by atoms with Gasteiger partial charge in [0.25, 0.3) is 0 Å². The predicted octanol–water partition coefficient (Wildman–Crippen LogP) is 2.97. The van der Waals surface area contributed by atoms with Crippen LogP contribution in [0.2, 0.25) is 0 Å². The van der Waals surface area contributed by atoms with Gasteiger partial charge in [-0.1, -0.05) is 13.3 Å². The van der Waals surface area contributed by atoms with Crippen molar-refractivity contribution in [1.29, 1.82) is 0 Å². The molecule has 1 heterocycles. The van der Waals surface area contributed by atoms with E-state index in [2.05, 4.69) is 32.0 Å². The highest BCUT2D eigenvalue weighted by molar-refractivity contribution is 5.28. The standard InChI is InChI=1S/C10H17N/c1-4-5-6-10-7-11-9(3)8(10)2/h7,11H,4-6H2,1-3H3. The van der Waals surface area contributed by atoms with Crippen molar-refractivity contribution in [2.24, 2.45) is 0 Å². The average Bonchev–Trinajstić information content (AvgIpc) is 2.31. The van der Waals surface area contributed by atoms with Crippen molar-refractivity contribution in [2.75, 3.05) is 0 Å². The highest BCUT2D eigenvalue weighted by atomic mass is 14.7. The summed E-state index contributed by atoms with van der Waals surface area (Å²) in [5.74, 6) is 0. The summed E-state index contributed by atoms with van der Waals surface area (Å²) in [7, 11) is 0. The quantitative estimate of drug-likeness (QED) is 0.683. The highest BCUT2D eigenvalue weighted by Gasteiger charge is 2.01. The normalized spacial score (nSPS) is 10.5. The predicted molar refractivity (Wildman–Crippen MR) is 48.9 cm³/mol. The minimum Gasteiger partial charge on any atom is -0.365 e. The molecule has 0 fully saturated rings. The average molecular weight is 151 g/mol. The molecule has 0 saturated carbocycles. The Morgan fingerprint density at radius 3 is 2.55 bits per heavy atom. The van der Waals surface area contributed by atoms with E-state index in [-0.39, 0.29) is 0 Å². The molecule has 0 spiro atoms. The summed E-state index contributed by atoms with van der Waals surface area (Å²) in [6.45, 7) is 6.55. The summed E-state index contributed by atoms with van der Waals surface area (Å²) in [6, 6.07) is 0. The topological polar surface area (TPSA) is 15.8 Å². The number of hydrogen-bond donors (Lipinski definition) is 1. The van der Waals surface area contributed by atoms with Crippen molar-refractivity contribution < 1.29 is 0 Å². The lowest BCUT2D eigenvalue weighted by Crippen LogP contribution is -1.84. The Morgan fingerprint density at radius 1 is 1.36 bits per heavy atom. The van der Waals surface area contributed by atoms with Crippen LogP contribution in [0.15, 0.2) is 6.20 Å². The molecule has 0 saturated heterocycles. The van der Waals surface area contributed by atoms with Crippen LogP contribution in [0.25, 0.3) is 0 Å². The molecule has 1 aromatic heterocycles. The van der Waals surface area contributed by atoms with E-state index >= 15 is 0 Å². The zero-order valence-corrected chi connectivity index (χ0v) is 7.70. The molecule has 0 unspecified atom stereocenters. The molecule has 0 amide bonds. The number of aryl methyl sites for hydroxylation is 2. The minimum atomic E-state index is 1.23. The fourth-order valence-electron chi connectivity index (χ4n) is 1.28. The Bertz CT molecular complexity index is 223. The first-order valence-corrected chi connectivity index (χ1v) is 4.39. The van der Waals surface area contributed by atoms with Gasteiger partial charge in [-0.25, -0.2) is 0 Å². The Hall–Kier alpha value is -0.720. The molecular formula is C10H17N. The van der Waals surface area contributed by atoms with Gasteiger partial charge in [-0.3, -0.25) is 0 Å². The molecule has 0 aliphatic rings. The maximum Gasteiger partial charge on any atom is 0.0148 e. The summed E-state index contributed by atoms with van der Waals surface area (Å²) >= 11 is 0. The zero-order chi connectivity index (χ0) is 8.27. The van der Waals surface area contributed by atoms with Crippen LogP contribution in [-0.2, 0) is 6.42 Å². The number of nitrogens with one attached hydrogen (secondary N) is 1. The second kappa shape index (κ2) is 3.61. The van der Waals surface area contributed by atoms with Gasteiger partial charge in [0.1, 0.15) is 0 Å². The molecule has 1 heteroatoms. The Labute approximate surface area is 68.8 Å². The van der Waals surface area contributed by atoms with E-state index in [1.165, 1.54) is 36.1 Å². The molecule has 62 valence electrons. The summed E-state index contributed by atoms with van der Waals surface area (Å²) in [5, 5.41) is 0. The molecule has 0 aromatic carbocycles. The van der Waals surface area contributed by atoms with E-state index in [1.807, 2.05) is 0 Å². The van der Waals surface area contributed by atoms with Gasteiger partial charge in [-0.05, 0) is 37.8 Å². The molecule has 1 N–H and O–H groups in total. The molecule has 0 aliphatic heterocycles. The zero-order valence-electron chi connectivity index (χ0n) is 7.70. The Kier molecular flexibility index (Phi) is 2.75. The fourth-order valence-corrected chi connectivity index (χ4v) is 1.28. The lowest BCUT2D eigenvalue weighted by molar-refractivity contribution is 0.792. The van der Waals surface area contributed by atoms with Crippen molar-refractivity contribution in [3.05, 3.63) is 23.0 Å². The van der Waals surface area contributed by atoms with E-state index < -0.39 is 0 Å². The molecule has 1 nitrogen and oxygen atoms in total. The number of rotatable bonds is 3. The van der Waals surface area contributed by atoms with Gasteiger partial charge >= 0.3 is 0 Å². The van der Waals surface area contributed by atoms with E-state index in [0.29, 0.717) is 0 Å². The Balaban J connectivity index is 2.63. The third kappa shape index (κ3) is 1.86. The SMILES string of the molecule is CCCCc1c[nH]c(C)c1C. The fraction of sp³-hybridized carbons (Fsp3) is 0.600. The third-order valence-corrected chi connectivity index (χ3v) is 2.31. The van der Waals surface area contributed by atoms with Crippen LogP contribution in [-0.4, -0.2) is 4.98 Å². The molecule has 0 radical (unpaired) electrons. The Morgan fingerprint density at radius 2 is 2.09 bits per heavy atom. The molecule has 0 aliphatic carbocycles. The molecule has 0 bridgehead atoms. The van der Waals surface area contributed by atoms with Crippen molar-refractivity contribution in [3.63, 3.8) is 0 Å². The van der Waals surface area contributed by atoms with E-state index in [0.717, 1.165) is 0 Å². The van der Waals surface area contributed by atoms with Gasteiger partial charge < -0.3 is 4.98 Å². The van der Waals surface area contributed by atoms with Crippen LogP contribution in [0.3, 0.4) is 0 Å². The number of H-pyrrole nitrogens is 1. The van der Waals surface area contributed by atoms with Crippen molar-refractivity contribution in [3.8, 4) is 0 Å². The second-order valence-corrected chi connectivity index (χ2v) is 3.17. The van der Waals surface area contributed by atoms with Crippen LogP contribution >= 0.6 is 0 Å². The van der Waals surface area contributed by atoms with E-state index in [4.69, 9.17) is 0 Å². The number of aromatic nitrogens is 1. The van der Waals surface area contributed by atoms with Gasteiger partial charge in [-0.15, -0.1) is 0 Å². The van der Waals surface area contributed by atoms with Crippen LogP contribution in [0, 0.1) is 13.8 Å². The smallest absolute Gasteiger partial charge is 0.0148 e. The molecule has 0 atom stereocenters. The third-order valence-electron chi connectivity index (χ3n) is 2.31. The monoisotopic (exact) mass is 151 g/mol. The van der Waals surface area contributed by atoms with Crippen LogP contribution in [0.5, 0.6) is 0 Å². The number of hydrogen-bond acceptors (Lipinski definition) is 0. The summed E-state index contributed by atoms with van der Waals surface area (Å²) in [4.78, 5) is 3.25. The molecule has 1 rings (SSSR count). The maximum absolute atomic E-state index is 3.25. The summed E-state index contributed by atoms with van der Waals surface area (Å²) < 4.78 is 0. The van der Waals surface area contributed by atoms with Gasteiger partial charge in [0.2, 0.25) is 0 Å². The first-order valence-electron chi connectivity index (χ1n) is 4.39. The van der Waals surface area contributed by atoms with Crippen molar-refractivity contribution >= 4 is 0 Å². The van der Waals surface area contributed by atoms with E-state index in [1.54, 1.807) is 0 Å². The molecular weight excluding hydrogens is 134 g/mol. The maximum atomic E-state index is 3.25. The number of unbranched alkanes of at least 4 members (excludes halogenated alkanes) is 1. The van der Waals surface area contributed by atoms with Gasteiger partial charge in [0.05, 0.1) is 0 Å². The first kappa shape index (κ1) is 8.38. The highest BCUT2D eigenvalue weighted by Crippen LogP contribution is 2.13. The second-order valence-electron chi connectivity index (χ2n) is 3.17. The minimum absolute atomic E-state index is 1.23. The molecule has 11 heavy (non-hydrogen) atoms. The van der Waals surface area contributed by atoms with E-state index in [9.17, 15) is 0 Å². The largest absolute Gasteiger partial charge is 0.365 e. The summed E-state index contributed by atoms with van der Waals surface area (Å²) in [6.07, 6.45) is 5.95. The lowest BCUT2D eigenvalue weighted by Gasteiger charge is -1.97. The van der Waals surface area contributed by atoms with Crippen LogP contribution < -0.4 is 0 Å². The molecule has 1 aromatic rings. The number of aromatic amines is 1. The summed E-state index contributed by atoms with van der Waals surface area (Å²) in [5.41, 5.74) is 4.25. The lowest BCUT2D eigenvalue weighted by atomic mass is 10.1. The van der Waals surface area contributed by atoms with Crippen LogP contribution in [0.4, 0.5) is 0 Å².